The Morgan fingerprint density at radius 3 is 1.88 bits per heavy atom. The Balaban J connectivity index is 2.76. The Bertz CT molecular complexity index is 226. The largest absolute Gasteiger partial charge is 0.258 e. The van der Waals surface area contributed by atoms with Crippen LogP contribution in [-0.4, -0.2) is 20.8 Å². The molecule has 0 bridgehead atoms. The fourth-order valence-electron chi connectivity index (χ4n) is 3.15. The van der Waals surface area contributed by atoms with Crippen LogP contribution in [0.25, 0.3) is 0 Å². The molecule has 0 amide bonds. The van der Waals surface area contributed by atoms with Gasteiger partial charge in [0, 0.05) is 17.1 Å². The predicted molar refractivity (Wildman–Crippen MR) is 76.3 cm³/mol. The Morgan fingerprint density at radius 1 is 1.19 bits per heavy atom. The third-order valence-electron chi connectivity index (χ3n) is 4.03. The molecule has 96 valence electrons. The Hall–Kier alpha value is 0.500. The van der Waals surface area contributed by atoms with Crippen LogP contribution < -0.4 is 0 Å². The second-order valence-corrected chi connectivity index (χ2v) is 8.21. The highest BCUT2D eigenvalue weighted by molar-refractivity contribution is 8.11. The first kappa shape index (κ1) is 14.6. The van der Waals surface area contributed by atoms with E-state index in [1.807, 2.05) is 18.0 Å². The lowest BCUT2D eigenvalue weighted by molar-refractivity contribution is 0.339. The Labute approximate surface area is 108 Å². The van der Waals surface area contributed by atoms with Gasteiger partial charge < -0.3 is 0 Å². The highest BCUT2D eigenvalue weighted by Crippen LogP contribution is 2.51. The van der Waals surface area contributed by atoms with Crippen molar-refractivity contribution in [2.24, 2.45) is 11.8 Å². The van der Waals surface area contributed by atoms with E-state index in [9.17, 15) is 4.21 Å². The van der Waals surface area contributed by atoms with Crippen LogP contribution in [0.1, 0.15) is 52.4 Å². The lowest BCUT2D eigenvalue weighted by Crippen LogP contribution is -2.26. The lowest BCUT2D eigenvalue weighted by atomic mass is 9.89. The SMILES string of the molecule is CCCC1CC(SC)(S(C)=O)CC1CCC. The quantitative estimate of drug-likeness (QED) is 0.718. The minimum absolute atomic E-state index is 0.0691. The highest BCUT2D eigenvalue weighted by atomic mass is 32.2. The van der Waals surface area contributed by atoms with Crippen LogP contribution in [0, 0.1) is 11.8 Å². The molecule has 0 aromatic rings. The van der Waals surface area contributed by atoms with Gasteiger partial charge in [0.25, 0.3) is 0 Å². The summed E-state index contributed by atoms with van der Waals surface area (Å²) in [5, 5.41) is 0. The van der Waals surface area contributed by atoms with Crippen LogP contribution >= 0.6 is 11.8 Å². The number of rotatable bonds is 6. The van der Waals surface area contributed by atoms with E-state index in [-0.39, 0.29) is 4.08 Å². The van der Waals surface area contributed by atoms with Gasteiger partial charge in [-0.15, -0.1) is 11.8 Å². The first-order chi connectivity index (χ1) is 7.59. The fourth-order valence-corrected chi connectivity index (χ4v) is 5.75. The summed E-state index contributed by atoms with van der Waals surface area (Å²) in [7, 11) is -0.685. The van der Waals surface area contributed by atoms with Crippen molar-refractivity contribution in [2.75, 3.05) is 12.5 Å². The molecule has 1 rings (SSSR count). The van der Waals surface area contributed by atoms with Gasteiger partial charge in [0.1, 0.15) is 0 Å². The van der Waals surface area contributed by atoms with Crippen molar-refractivity contribution in [3.63, 3.8) is 0 Å². The zero-order valence-corrected chi connectivity index (χ0v) is 12.8. The van der Waals surface area contributed by atoms with Gasteiger partial charge >= 0.3 is 0 Å². The molecule has 0 aliphatic heterocycles. The second-order valence-electron chi connectivity index (χ2n) is 5.07. The Kier molecular flexibility index (Phi) is 5.86. The zero-order valence-electron chi connectivity index (χ0n) is 11.1. The van der Waals surface area contributed by atoms with Gasteiger partial charge in [-0.3, -0.25) is 4.21 Å². The van der Waals surface area contributed by atoms with Gasteiger partial charge in [-0.1, -0.05) is 39.5 Å². The van der Waals surface area contributed by atoms with Crippen molar-refractivity contribution >= 4 is 22.6 Å². The fraction of sp³-hybridized carbons (Fsp3) is 1.00. The molecule has 1 saturated carbocycles. The molecule has 0 heterocycles. The maximum absolute atomic E-state index is 12.0. The van der Waals surface area contributed by atoms with Crippen LogP contribution in [0.2, 0.25) is 0 Å². The average Bonchev–Trinajstić information content (AvgIpc) is 2.60. The Morgan fingerprint density at radius 2 is 1.62 bits per heavy atom. The van der Waals surface area contributed by atoms with Crippen LogP contribution in [-0.2, 0) is 10.8 Å². The molecule has 0 saturated heterocycles. The molecule has 1 nitrogen and oxygen atoms in total. The molecular formula is C13H26OS2. The second kappa shape index (κ2) is 6.44. The summed E-state index contributed by atoms with van der Waals surface area (Å²) in [5.74, 6) is 1.64. The summed E-state index contributed by atoms with van der Waals surface area (Å²) in [5.41, 5.74) is 0. The topological polar surface area (TPSA) is 17.1 Å². The summed E-state index contributed by atoms with van der Waals surface area (Å²) < 4.78 is 12.1. The first-order valence-corrected chi connectivity index (χ1v) is 9.26. The highest BCUT2D eigenvalue weighted by Gasteiger charge is 2.46. The van der Waals surface area contributed by atoms with E-state index in [0.29, 0.717) is 0 Å². The predicted octanol–water partition coefficient (Wildman–Crippen LogP) is 4.05. The standard InChI is InChI=1S/C13H26OS2/c1-5-7-11-9-13(15-3,16(4)14)10-12(11)8-6-2/h11-12H,5-10H2,1-4H3. The smallest absolute Gasteiger partial charge is 0.0908 e. The summed E-state index contributed by atoms with van der Waals surface area (Å²) in [4.78, 5) is 0. The minimum atomic E-state index is -0.685. The van der Waals surface area contributed by atoms with Gasteiger partial charge in [0.15, 0.2) is 0 Å². The third-order valence-corrected chi connectivity index (χ3v) is 7.69. The van der Waals surface area contributed by atoms with Gasteiger partial charge in [-0.05, 0) is 30.9 Å². The molecular weight excluding hydrogens is 236 g/mol. The molecule has 3 unspecified atom stereocenters. The van der Waals surface area contributed by atoms with Crippen molar-refractivity contribution < 1.29 is 4.21 Å². The average molecular weight is 262 g/mol. The maximum atomic E-state index is 12.0. The molecule has 1 aliphatic carbocycles. The van der Waals surface area contributed by atoms with E-state index in [1.165, 1.54) is 38.5 Å². The van der Waals surface area contributed by atoms with Gasteiger partial charge in [-0.2, -0.15) is 0 Å². The van der Waals surface area contributed by atoms with Crippen molar-refractivity contribution in [3.05, 3.63) is 0 Å². The molecule has 3 heteroatoms. The van der Waals surface area contributed by atoms with Gasteiger partial charge in [0.2, 0.25) is 0 Å². The first-order valence-electron chi connectivity index (χ1n) is 6.48. The molecule has 0 aromatic carbocycles. The molecule has 1 fully saturated rings. The van der Waals surface area contributed by atoms with Crippen molar-refractivity contribution in [1.82, 2.24) is 0 Å². The van der Waals surface area contributed by atoms with E-state index in [4.69, 9.17) is 0 Å². The van der Waals surface area contributed by atoms with Gasteiger partial charge in [0.05, 0.1) is 4.08 Å². The van der Waals surface area contributed by atoms with E-state index in [2.05, 4.69) is 20.1 Å². The molecule has 3 atom stereocenters. The molecule has 0 N–H and O–H groups in total. The molecule has 0 radical (unpaired) electrons. The van der Waals surface area contributed by atoms with Crippen LogP contribution in [0.3, 0.4) is 0 Å². The normalized spacial score (nSPS) is 36.5. The minimum Gasteiger partial charge on any atom is -0.258 e. The van der Waals surface area contributed by atoms with Crippen LogP contribution in [0.15, 0.2) is 0 Å². The summed E-state index contributed by atoms with van der Waals surface area (Å²) in [6.45, 7) is 4.54. The summed E-state index contributed by atoms with van der Waals surface area (Å²) >= 11 is 1.85. The maximum Gasteiger partial charge on any atom is 0.0908 e. The zero-order chi connectivity index (χ0) is 12.2. The van der Waals surface area contributed by atoms with E-state index < -0.39 is 10.8 Å². The van der Waals surface area contributed by atoms with Crippen molar-refractivity contribution in [1.29, 1.82) is 0 Å². The van der Waals surface area contributed by atoms with E-state index >= 15 is 0 Å². The molecule has 0 aromatic heterocycles. The number of hydrogen-bond donors (Lipinski definition) is 0. The number of thioether (sulfide) groups is 1. The van der Waals surface area contributed by atoms with E-state index in [1.54, 1.807) is 0 Å². The monoisotopic (exact) mass is 262 g/mol. The number of hydrogen-bond acceptors (Lipinski definition) is 2. The third kappa shape index (κ3) is 3.04. The lowest BCUT2D eigenvalue weighted by Gasteiger charge is -2.24. The van der Waals surface area contributed by atoms with Crippen molar-refractivity contribution in [3.8, 4) is 0 Å². The van der Waals surface area contributed by atoms with Gasteiger partial charge in [-0.25, -0.2) is 0 Å². The molecule has 0 spiro atoms. The molecule has 16 heavy (non-hydrogen) atoms. The van der Waals surface area contributed by atoms with E-state index in [0.717, 1.165) is 11.8 Å². The molecule has 1 aliphatic rings. The van der Waals surface area contributed by atoms with Crippen LogP contribution in [0.4, 0.5) is 0 Å². The van der Waals surface area contributed by atoms with Crippen LogP contribution in [0.5, 0.6) is 0 Å². The summed E-state index contributed by atoms with van der Waals surface area (Å²) in [6.07, 6.45) is 11.6. The summed E-state index contributed by atoms with van der Waals surface area (Å²) in [6, 6.07) is 0. The van der Waals surface area contributed by atoms with Crippen molar-refractivity contribution in [2.45, 2.75) is 56.5 Å².